The van der Waals surface area contributed by atoms with Gasteiger partial charge in [-0.25, -0.2) is 4.39 Å². The van der Waals surface area contributed by atoms with Gasteiger partial charge in [-0.3, -0.25) is 4.79 Å². The molecule has 1 unspecified atom stereocenters. The molecule has 124 valence electrons. The minimum absolute atomic E-state index is 0. The highest BCUT2D eigenvalue weighted by molar-refractivity contribution is 9.10. The van der Waals surface area contributed by atoms with E-state index in [-0.39, 0.29) is 30.0 Å². The maximum Gasteiger partial charge on any atom is 0.237 e. The van der Waals surface area contributed by atoms with Gasteiger partial charge in [0.1, 0.15) is 5.82 Å². The van der Waals surface area contributed by atoms with Crippen molar-refractivity contribution in [1.82, 2.24) is 5.32 Å². The lowest BCUT2D eigenvalue weighted by Crippen LogP contribution is -2.47. The molecular weight excluding hydrogens is 375 g/mol. The number of nitrogens with one attached hydrogen (secondary N) is 1. The Labute approximate surface area is 144 Å². The van der Waals surface area contributed by atoms with Gasteiger partial charge in [0.25, 0.3) is 0 Å². The van der Waals surface area contributed by atoms with Crippen LogP contribution in [-0.2, 0) is 16.0 Å². The third-order valence-electron chi connectivity index (χ3n) is 3.78. The molecule has 0 spiro atoms. The van der Waals surface area contributed by atoms with Gasteiger partial charge in [0.05, 0.1) is 6.04 Å². The zero-order chi connectivity index (χ0) is 15.2. The summed E-state index contributed by atoms with van der Waals surface area (Å²) < 4.78 is 19.7. The Morgan fingerprint density at radius 1 is 1.45 bits per heavy atom. The molecule has 2 rings (SSSR count). The average Bonchev–Trinajstić information content (AvgIpc) is 2.50. The van der Waals surface area contributed by atoms with E-state index in [2.05, 4.69) is 21.2 Å². The Hall–Kier alpha value is -0.690. The third kappa shape index (κ3) is 5.50. The maximum absolute atomic E-state index is 13.6. The van der Waals surface area contributed by atoms with E-state index in [1.54, 1.807) is 12.1 Å². The van der Waals surface area contributed by atoms with E-state index >= 15 is 0 Å². The van der Waals surface area contributed by atoms with Crippen LogP contribution in [0.25, 0.3) is 0 Å². The predicted molar refractivity (Wildman–Crippen MR) is 89.6 cm³/mol. The highest BCUT2D eigenvalue weighted by atomic mass is 79.9. The summed E-state index contributed by atoms with van der Waals surface area (Å²) in [5, 5.41) is 2.79. The quantitative estimate of drug-likeness (QED) is 0.805. The maximum atomic E-state index is 13.6. The molecule has 0 radical (unpaired) electrons. The minimum atomic E-state index is -0.513. The van der Waals surface area contributed by atoms with Crippen molar-refractivity contribution in [1.29, 1.82) is 0 Å². The van der Waals surface area contributed by atoms with E-state index in [1.165, 1.54) is 6.07 Å². The predicted octanol–water partition coefficient (Wildman–Crippen LogP) is 2.42. The van der Waals surface area contributed by atoms with E-state index in [9.17, 15) is 9.18 Å². The highest BCUT2D eigenvalue weighted by Crippen LogP contribution is 2.18. The molecule has 0 bridgehead atoms. The van der Waals surface area contributed by atoms with Crippen LogP contribution in [0.4, 0.5) is 4.39 Å². The summed E-state index contributed by atoms with van der Waals surface area (Å²) in [5.41, 5.74) is 6.55. The first-order chi connectivity index (χ1) is 10.1. The van der Waals surface area contributed by atoms with E-state index in [0.717, 1.165) is 17.3 Å². The molecular formula is C15H21BrClFN2O2. The zero-order valence-corrected chi connectivity index (χ0v) is 14.6. The zero-order valence-electron chi connectivity index (χ0n) is 12.2. The summed E-state index contributed by atoms with van der Waals surface area (Å²) in [4.78, 5) is 12.0. The molecule has 1 aliphatic rings. The number of carbonyl (C=O) groups excluding carboxylic acids is 1. The van der Waals surface area contributed by atoms with Crippen LogP contribution in [0.5, 0.6) is 0 Å². The van der Waals surface area contributed by atoms with Gasteiger partial charge in [-0.05, 0) is 48.9 Å². The van der Waals surface area contributed by atoms with Crippen LogP contribution in [0.15, 0.2) is 22.7 Å². The number of carbonyl (C=O) groups is 1. The van der Waals surface area contributed by atoms with Crippen LogP contribution in [-0.4, -0.2) is 31.7 Å². The molecule has 1 saturated heterocycles. The van der Waals surface area contributed by atoms with Gasteiger partial charge in [0.15, 0.2) is 0 Å². The second kappa shape index (κ2) is 9.45. The smallest absolute Gasteiger partial charge is 0.237 e. The second-order valence-corrected chi connectivity index (χ2v) is 6.17. The molecule has 1 fully saturated rings. The van der Waals surface area contributed by atoms with Gasteiger partial charge in [-0.1, -0.05) is 15.9 Å². The summed E-state index contributed by atoms with van der Waals surface area (Å²) >= 11 is 3.31. The fourth-order valence-electron chi connectivity index (χ4n) is 2.46. The molecule has 4 nitrogen and oxygen atoms in total. The molecule has 0 aliphatic carbocycles. The standard InChI is InChI=1S/C15H20BrFN2O2.ClH/c16-12-1-2-13(17)11(9-12)3-6-19-15(20)14(18)10-4-7-21-8-5-10;/h1-2,9-10,14H,3-8,18H2,(H,19,20);1H. The van der Waals surface area contributed by atoms with Crippen molar-refractivity contribution in [2.45, 2.75) is 25.3 Å². The van der Waals surface area contributed by atoms with Crippen molar-refractivity contribution in [3.63, 3.8) is 0 Å². The summed E-state index contributed by atoms with van der Waals surface area (Å²) in [7, 11) is 0. The summed E-state index contributed by atoms with van der Waals surface area (Å²) in [6.45, 7) is 1.70. The Balaban J connectivity index is 0.00000242. The van der Waals surface area contributed by atoms with Gasteiger partial charge < -0.3 is 15.8 Å². The molecule has 1 heterocycles. The van der Waals surface area contributed by atoms with Gasteiger partial charge in [-0.15, -0.1) is 12.4 Å². The molecule has 1 aromatic carbocycles. The van der Waals surface area contributed by atoms with Gasteiger partial charge in [0.2, 0.25) is 5.91 Å². The second-order valence-electron chi connectivity index (χ2n) is 5.25. The number of hydrogen-bond donors (Lipinski definition) is 2. The van der Waals surface area contributed by atoms with Crippen molar-refractivity contribution < 1.29 is 13.9 Å². The van der Waals surface area contributed by atoms with E-state index < -0.39 is 6.04 Å². The highest BCUT2D eigenvalue weighted by Gasteiger charge is 2.26. The van der Waals surface area contributed by atoms with Gasteiger partial charge >= 0.3 is 0 Å². The van der Waals surface area contributed by atoms with Crippen molar-refractivity contribution in [2.24, 2.45) is 11.7 Å². The van der Waals surface area contributed by atoms with Crippen LogP contribution in [0.1, 0.15) is 18.4 Å². The molecule has 1 aliphatic heterocycles. The molecule has 22 heavy (non-hydrogen) atoms. The number of amides is 1. The number of rotatable bonds is 5. The Morgan fingerprint density at radius 3 is 2.82 bits per heavy atom. The van der Waals surface area contributed by atoms with Crippen molar-refractivity contribution in [3.8, 4) is 0 Å². The van der Waals surface area contributed by atoms with Crippen LogP contribution in [0, 0.1) is 11.7 Å². The van der Waals surface area contributed by atoms with Crippen LogP contribution < -0.4 is 11.1 Å². The molecule has 1 atom stereocenters. The Bertz CT molecular complexity index is 498. The first-order valence-corrected chi connectivity index (χ1v) is 7.92. The van der Waals surface area contributed by atoms with Crippen LogP contribution in [0.3, 0.4) is 0 Å². The lowest BCUT2D eigenvalue weighted by molar-refractivity contribution is -0.124. The molecule has 3 N–H and O–H groups in total. The number of ether oxygens (including phenoxy) is 1. The van der Waals surface area contributed by atoms with E-state index in [1.807, 2.05) is 0 Å². The summed E-state index contributed by atoms with van der Waals surface area (Å²) in [5.74, 6) is -0.264. The molecule has 7 heteroatoms. The molecule has 1 aromatic rings. The largest absolute Gasteiger partial charge is 0.381 e. The molecule has 0 saturated carbocycles. The average molecular weight is 396 g/mol. The summed E-state index contributed by atoms with van der Waals surface area (Å²) in [6.07, 6.45) is 2.07. The van der Waals surface area contributed by atoms with Gasteiger partial charge in [-0.2, -0.15) is 0 Å². The van der Waals surface area contributed by atoms with E-state index in [0.29, 0.717) is 31.7 Å². The fraction of sp³-hybridized carbons (Fsp3) is 0.533. The van der Waals surface area contributed by atoms with Crippen LogP contribution >= 0.6 is 28.3 Å². The van der Waals surface area contributed by atoms with E-state index in [4.69, 9.17) is 10.5 Å². The molecule has 0 aromatic heterocycles. The number of benzene rings is 1. The Morgan fingerprint density at radius 2 is 2.14 bits per heavy atom. The first kappa shape index (κ1) is 19.4. The lowest BCUT2D eigenvalue weighted by atomic mass is 9.92. The van der Waals surface area contributed by atoms with Crippen LogP contribution in [0.2, 0.25) is 0 Å². The number of hydrogen-bond acceptors (Lipinski definition) is 3. The Kier molecular flexibility index (Phi) is 8.31. The monoisotopic (exact) mass is 394 g/mol. The van der Waals surface area contributed by atoms with Crippen molar-refractivity contribution in [2.75, 3.05) is 19.8 Å². The first-order valence-electron chi connectivity index (χ1n) is 7.13. The number of nitrogens with two attached hydrogens (primary N) is 1. The summed E-state index contributed by atoms with van der Waals surface area (Å²) in [6, 6.07) is 4.27. The van der Waals surface area contributed by atoms with Gasteiger partial charge in [0, 0.05) is 24.2 Å². The van der Waals surface area contributed by atoms with Crippen molar-refractivity contribution >= 4 is 34.2 Å². The normalized spacial score (nSPS) is 16.7. The number of halogens is 3. The topological polar surface area (TPSA) is 64.4 Å². The lowest BCUT2D eigenvalue weighted by Gasteiger charge is -2.26. The third-order valence-corrected chi connectivity index (χ3v) is 4.27. The van der Waals surface area contributed by atoms with Crippen molar-refractivity contribution in [3.05, 3.63) is 34.1 Å². The SMILES string of the molecule is Cl.NC(C(=O)NCCc1cc(Br)ccc1F)C1CCOCC1. The molecule has 1 amide bonds. The minimum Gasteiger partial charge on any atom is -0.381 e. The fourth-order valence-corrected chi connectivity index (χ4v) is 2.87.